The van der Waals surface area contributed by atoms with Gasteiger partial charge in [0.05, 0.1) is 5.52 Å². The van der Waals surface area contributed by atoms with Crippen LogP contribution in [0.15, 0.2) is 42.6 Å². The van der Waals surface area contributed by atoms with Crippen molar-refractivity contribution in [2.24, 2.45) is 0 Å². The lowest BCUT2D eigenvalue weighted by atomic mass is 10.2. The Balaban J connectivity index is 2.41. The molecule has 0 spiro atoms. The van der Waals surface area contributed by atoms with Crippen LogP contribution in [0, 0.1) is 0 Å². The number of nitrogens with zero attached hydrogens (tertiary/aromatic N) is 2. The SMILES string of the molecule is O=C(O)c1ccn2c(cc3ccccc32)n1. The van der Waals surface area contributed by atoms with E-state index in [-0.39, 0.29) is 5.69 Å². The molecule has 0 saturated carbocycles. The van der Waals surface area contributed by atoms with Gasteiger partial charge in [-0.05, 0) is 18.2 Å². The van der Waals surface area contributed by atoms with Gasteiger partial charge in [-0.1, -0.05) is 18.2 Å². The molecule has 0 aliphatic rings. The van der Waals surface area contributed by atoms with E-state index in [4.69, 9.17) is 5.11 Å². The Kier molecular flexibility index (Phi) is 1.71. The number of para-hydroxylation sites is 1. The summed E-state index contributed by atoms with van der Waals surface area (Å²) in [7, 11) is 0. The molecule has 1 N–H and O–H groups in total. The third-order valence-electron chi connectivity index (χ3n) is 2.56. The van der Waals surface area contributed by atoms with Gasteiger partial charge >= 0.3 is 5.97 Å². The van der Waals surface area contributed by atoms with E-state index in [1.165, 1.54) is 6.07 Å². The number of carboxylic acid groups (broad SMARTS) is 1. The highest BCUT2D eigenvalue weighted by atomic mass is 16.4. The minimum atomic E-state index is -1.01. The monoisotopic (exact) mass is 212 g/mol. The normalized spacial score (nSPS) is 11.0. The molecule has 0 unspecified atom stereocenters. The Morgan fingerprint density at radius 2 is 2.06 bits per heavy atom. The maximum atomic E-state index is 10.8. The van der Waals surface area contributed by atoms with Gasteiger partial charge in [0.25, 0.3) is 0 Å². The maximum Gasteiger partial charge on any atom is 0.354 e. The first-order valence-electron chi connectivity index (χ1n) is 4.86. The molecular weight excluding hydrogens is 204 g/mol. The summed E-state index contributed by atoms with van der Waals surface area (Å²) < 4.78 is 1.88. The van der Waals surface area contributed by atoms with Crippen LogP contribution in [0.4, 0.5) is 0 Å². The van der Waals surface area contributed by atoms with Crippen molar-refractivity contribution in [3.63, 3.8) is 0 Å². The fourth-order valence-electron chi connectivity index (χ4n) is 1.83. The molecule has 2 heterocycles. The molecule has 4 nitrogen and oxygen atoms in total. The van der Waals surface area contributed by atoms with Gasteiger partial charge in [0.15, 0.2) is 5.69 Å². The van der Waals surface area contributed by atoms with Gasteiger partial charge in [-0.25, -0.2) is 9.78 Å². The van der Waals surface area contributed by atoms with Gasteiger partial charge in [0, 0.05) is 11.6 Å². The van der Waals surface area contributed by atoms with Gasteiger partial charge in [-0.15, -0.1) is 0 Å². The van der Waals surface area contributed by atoms with Crippen molar-refractivity contribution in [3.8, 4) is 0 Å². The predicted molar refractivity (Wildman–Crippen MR) is 59.7 cm³/mol. The number of aromatic carboxylic acids is 1. The van der Waals surface area contributed by atoms with Crippen LogP contribution in [0.2, 0.25) is 0 Å². The molecule has 0 fully saturated rings. The highest BCUT2D eigenvalue weighted by molar-refractivity contribution is 5.89. The molecule has 0 aliphatic carbocycles. The van der Waals surface area contributed by atoms with E-state index < -0.39 is 5.97 Å². The first kappa shape index (κ1) is 8.91. The van der Waals surface area contributed by atoms with Crippen molar-refractivity contribution in [2.45, 2.75) is 0 Å². The fraction of sp³-hybridized carbons (Fsp3) is 0. The Hall–Kier alpha value is -2.36. The van der Waals surface area contributed by atoms with Gasteiger partial charge in [0.1, 0.15) is 5.65 Å². The lowest BCUT2D eigenvalue weighted by Gasteiger charge is -1.97. The fourth-order valence-corrected chi connectivity index (χ4v) is 1.83. The second kappa shape index (κ2) is 3.06. The largest absolute Gasteiger partial charge is 0.477 e. The lowest BCUT2D eigenvalue weighted by molar-refractivity contribution is 0.0690. The highest BCUT2D eigenvalue weighted by Crippen LogP contribution is 2.18. The molecule has 1 aromatic carbocycles. The molecule has 0 aliphatic heterocycles. The minimum absolute atomic E-state index is 0.0651. The number of rotatable bonds is 1. The van der Waals surface area contributed by atoms with Crippen LogP contribution in [0.3, 0.4) is 0 Å². The third-order valence-corrected chi connectivity index (χ3v) is 2.56. The van der Waals surface area contributed by atoms with Crippen LogP contribution in [0.25, 0.3) is 16.6 Å². The Morgan fingerprint density at radius 3 is 2.88 bits per heavy atom. The minimum Gasteiger partial charge on any atom is -0.477 e. The number of carboxylic acids is 1. The summed E-state index contributed by atoms with van der Waals surface area (Å²) in [4.78, 5) is 14.9. The Labute approximate surface area is 90.8 Å². The second-order valence-electron chi connectivity index (χ2n) is 3.55. The Morgan fingerprint density at radius 1 is 1.25 bits per heavy atom. The summed E-state index contributed by atoms with van der Waals surface area (Å²) in [5.41, 5.74) is 1.75. The number of hydrogen-bond donors (Lipinski definition) is 1. The summed E-state index contributed by atoms with van der Waals surface area (Å²) in [5.74, 6) is -1.01. The van der Waals surface area contributed by atoms with Crippen molar-refractivity contribution in [2.75, 3.05) is 0 Å². The van der Waals surface area contributed by atoms with Gasteiger partial charge in [0.2, 0.25) is 0 Å². The van der Waals surface area contributed by atoms with E-state index in [0.717, 1.165) is 10.9 Å². The summed E-state index contributed by atoms with van der Waals surface area (Å²) in [5, 5.41) is 9.90. The molecule has 0 saturated heterocycles. The smallest absolute Gasteiger partial charge is 0.354 e. The molecule has 4 heteroatoms. The van der Waals surface area contributed by atoms with Crippen molar-refractivity contribution < 1.29 is 9.90 Å². The van der Waals surface area contributed by atoms with E-state index >= 15 is 0 Å². The van der Waals surface area contributed by atoms with Crippen molar-refractivity contribution >= 4 is 22.5 Å². The molecule has 78 valence electrons. The van der Waals surface area contributed by atoms with E-state index in [9.17, 15) is 4.79 Å². The van der Waals surface area contributed by atoms with E-state index in [1.807, 2.05) is 34.7 Å². The molecule has 0 radical (unpaired) electrons. The quantitative estimate of drug-likeness (QED) is 0.672. The zero-order valence-corrected chi connectivity index (χ0v) is 8.29. The van der Waals surface area contributed by atoms with Crippen LogP contribution >= 0.6 is 0 Å². The van der Waals surface area contributed by atoms with Gasteiger partial charge in [-0.2, -0.15) is 0 Å². The van der Waals surface area contributed by atoms with E-state index in [2.05, 4.69) is 4.98 Å². The molecule has 0 amide bonds. The van der Waals surface area contributed by atoms with Crippen LogP contribution in [-0.4, -0.2) is 20.5 Å². The molecule has 3 rings (SSSR count). The van der Waals surface area contributed by atoms with Crippen molar-refractivity contribution in [3.05, 3.63) is 48.3 Å². The summed E-state index contributed by atoms with van der Waals surface area (Å²) in [6.45, 7) is 0. The molecule has 3 aromatic rings. The van der Waals surface area contributed by atoms with Crippen molar-refractivity contribution in [1.29, 1.82) is 0 Å². The first-order chi connectivity index (χ1) is 7.75. The molecule has 2 aromatic heterocycles. The number of benzene rings is 1. The van der Waals surface area contributed by atoms with Crippen LogP contribution in [0.5, 0.6) is 0 Å². The zero-order chi connectivity index (χ0) is 11.1. The average Bonchev–Trinajstić information content (AvgIpc) is 2.66. The molecule has 0 atom stereocenters. The van der Waals surface area contributed by atoms with E-state index in [0.29, 0.717) is 5.65 Å². The molecule has 0 bridgehead atoms. The number of carbonyl (C=O) groups is 1. The molecule has 16 heavy (non-hydrogen) atoms. The summed E-state index contributed by atoms with van der Waals surface area (Å²) >= 11 is 0. The van der Waals surface area contributed by atoms with Crippen LogP contribution in [-0.2, 0) is 0 Å². The third kappa shape index (κ3) is 1.16. The first-order valence-corrected chi connectivity index (χ1v) is 4.86. The van der Waals surface area contributed by atoms with Crippen LogP contribution < -0.4 is 0 Å². The summed E-state index contributed by atoms with van der Waals surface area (Å²) in [6, 6.07) is 11.2. The Bertz CT molecular complexity index is 700. The van der Waals surface area contributed by atoms with E-state index in [1.54, 1.807) is 6.20 Å². The standard InChI is InChI=1S/C12H8N2O2/c15-12(16)9-5-6-14-10-4-2-1-3-8(10)7-11(14)13-9/h1-7H,(H,15,16). The molecular formula is C12H8N2O2. The maximum absolute atomic E-state index is 10.8. The lowest BCUT2D eigenvalue weighted by Crippen LogP contribution is -2.01. The van der Waals surface area contributed by atoms with Gasteiger partial charge < -0.3 is 9.51 Å². The average molecular weight is 212 g/mol. The van der Waals surface area contributed by atoms with Crippen molar-refractivity contribution in [1.82, 2.24) is 9.38 Å². The second-order valence-corrected chi connectivity index (χ2v) is 3.55. The summed E-state index contributed by atoms with van der Waals surface area (Å²) in [6.07, 6.45) is 1.73. The highest BCUT2D eigenvalue weighted by Gasteiger charge is 2.07. The number of aromatic nitrogens is 2. The zero-order valence-electron chi connectivity index (χ0n) is 8.29. The van der Waals surface area contributed by atoms with Gasteiger partial charge in [-0.3, -0.25) is 0 Å². The number of hydrogen-bond acceptors (Lipinski definition) is 2. The predicted octanol–water partition coefficient (Wildman–Crippen LogP) is 2.19. The van der Waals surface area contributed by atoms with Crippen LogP contribution in [0.1, 0.15) is 10.5 Å². The topological polar surface area (TPSA) is 54.6 Å². The number of fused-ring (bicyclic) bond motifs is 3.